The molecule has 15 heavy (non-hydrogen) atoms. The van der Waals surface area contributed by atoms with Crippen LogP contribution in [-0.4, -0.2) is 16.2 Å². The molecule has 1 aliphatic carbocycles. The summed E-state index contributed by atoms with van der Waals surface area (Å²) in [5, 5.41) is 10.6. The summed E-state index contributed by atoms with van der Waals surface area (Å²) >= 11 is 0. The molecule has 1 aliphatic rings. The number of hydrogen-bond donors (Lipinski definition) is 2. The van der Waals surface area contributed by atoms with Gasteiger partial charge in [0.2, 0.25) is 0 Å². The minimum atomic E-state index is 0.443. The summed E-state index contributed by atoms with van der Waals surface area (Å²) in [4.78, 5) is 0. The summed E-state index contributed by atoms with van der Waals surface area (Å²) in [5.41, 5.74) is 1.62. The van der Waals surface area contributed by atoms with Crippen LogP contribution in [-0.2, 0) is 6.54 Å². The Morgan fingerprint density at radius 2 is 2.40 bits per heavy atom. The standard InChI is InChI=1S/C12H21N3/c1-12(2)7-4-3-5-11(12)13-9-10-6-8-14-15-10/h6,8,11,13H,3-5,7,9H2,1-2H3,(H,14,15). The van der Waals surface area contributed by atoms with Gasteiger partial charge in [-0.05, 0) is 24.3 Å². The van der Waals surface area contributed by atoms with Gasteiger partial charge in [-0.1, -0.05) is 26.7 Å². The van der Waals surface area contributed by atoms with Crippen molar-refractivity contribution in [3.63, 3.8) is 0 Å². The van der Waals surface area contributed by atoms with Gasteiger partial charge < -0.3 is 5.32 Å². The van der Waals surface area contributed by atoms with Crippen molar-refractivity contribution < 1.29 is 0 Å². The molecule has 1 aromatic heterocycles. The average Bonchev–Trinajstić information content (AvgIpc) is 2.68. The Labute approximate surface area is 91.7 Å². The highest BCUT2D eigenvalue weighted by molar-refractivity contribution is 4.98. The zero-order valence-corrected chi connectivity index (χ0v) is 9.71. The van der Waals surface area contributed by atoms with E-state index >= 15 is 0 Å². The first-order valence-electron chi connectivity index (χ1n) is 5.90. The molecular formula is C12H21N3. The number of nitrogens with zero attached hydrogens (tertiary/aromatic N) is 1. The summed E-state index contributed by atoms with van der Waals surface area (Å²) in [7, 11) is 0. The second kappa shape index (κ2) is 4.35. The van der Waals surface area contributed by atoms with Gasteiger partial charge in [0.15, 0.2) is 0 Å². The van der Waals surface area contributed by atoms with E-state index < -0.39 is 0 Å². The van der Waals surface area contributed by atoms with Crippen molar-refractivity contribution in [2.24, 2.45) is 5.41 Å². The van der Waals surface area contributed by atoms with Gasteiger partial charge in [-0.25, -0.2) is 0 Å². The summed E-state index contributed by atoms with van der Waals surface area (Å²) in [6, 6.07) is 2.68. The van der Waals surface area contributed by atoms with E-state index in [9.17, 15) is 0 Å². The fourth-order valence-electron chi connectivity index (χ4n) is 2.49. The Morgan fingerprint density at radius 1 is 1.53 bits per heavy atom. The molecule has 1 atom stereocenters. The summed E-state index contributed by atoms with van der Waals surface area (Å²) in [6.07, 6.45) is 7.21. The maximum atomic E-state index is 3.96. The fourth-order valence-corrected chi connectivity index (χ4v) is 2.49. The molecule has 0 saturated heterocycles. The Bertz CT molecular complexity index is 290. The molecule has 0 aromatic carbocycles. The number of nitrogens with one attached hydrogen (secondary N) is 2. The van der Waals surface area contributed by atoms with Crippen molar-refractivity contribution in [1.29, 1.82) is 0 Å². The fraction of sp³-hybridized carbons (Fsp3) is 0.750. The van der Waals surface area contributed by atoms with Crippen LogP contribution in [0.4, 0.5) is 0 Å². The van der Waals surface area contributed by atoms with E-state index in [1.54, 1.807) is 0 Å². The molecule has 3 nitrogen and oxygen atoms in total. The van der Waals surface area contributed by atoms with Gasteiger partial charge in [-0.2, -0.15) is 5.10 Å². The van der Waals surface area contributed by atoms with Gasteiger partial charge in [0.1, 0.15) is 0 Å². The largest absolute Gasteiger partial charge is 0.308 e. The molecule has 2 rings (SSSR count). The Balaban J connectivity index is 1.88. The molecule has 0 radical (unpaired) electrons. The molecule has 0 bridgehead atoms. The molecule has 1 heterocycles. The van der Waals surface area contributed by atoms with Crippen LogP contribution in [0.1, 0.15) is 45.2 Å². The molecule has 84 valence electrons. The lowest BCUT2D eigenvalue weighted by Crippen LogP contribution is -2.43. The zero-order chi connectivity index (χ0) is 10.7. The molecule has 1 unspecified atom stereocenters. The van der Waals surface area contributed by atoms with Crippen LogP contribution in [0.15, 0.2) is 12.3 Å². The monoisotopic (exact) mass is 207 g/mol. The molecule has 3 heteroatoms. The van der Waals surface area contributed by atoms with Gasteiger partial charge in [-0.15, -0.1) is 0 Å². The van der Waals surface area contributed by atoms with E-state index in [-0.39, 0.29) is 0 Å². The first-order chi connectivity index (χ1) is 7.18. The van der Waals surface area contributed by atoms with Crippen molar-refractivity contribution in [3.05, 3.63) is 18.0 Å². The van der Waals surface area contributed by atoms with Gasteiger partial charge in [-0.3, -0.25) is 5.10 Å². The van der Waals surface area contributed by atoms with Crippen LogP contribution in [0.2, 0.25) is 0 Å². The Hall–Kier alpha value is -0.830. The predicted molar refractivity (Wildman–Crippen MR) is 61.5 cm³/mol. The number of H-pyrrole nitrogens is 1. The third kappa shape index (κ3) is 2.59. The summed E-state index contributed by atoms with van der Waals surface area (Å²) in [6.45, 7) is 5.65. The lowest BCUT2D eigenvalue weighted by Gasteiger charge is -2.39. The summed E-state index contributed by atoms with van der Waals surface area (Å²) in [5.74, 6) is 0. The quantitative estimate of drug-likeness (QED) is 0.799. The van der Waals surface area contributed by atoms with E-state index in [4.69, 9.17) is 0 Å². The van der Waals surface area contributed by atoms with Crippen LogP contribution in [0.3, 0.4) is 0 Å². The van der Waals surface area contributed by atoms with Crippen molar-refractivity contribution in [1.82, 2.24) is 15.5 Å². The van der Waals surface area contributed by atoms with Gasteiger partial charge >= 0.3 is 0 Å². The SMILES string of the molecule is CC1(C)CCCCC1NCc1ccn[nH]1. The number of hydrogen-bond acceptors (Lipinski definition) is 2. The maximum Gasteiger partial charge on any atom is 0.0490 e. The van der Waals surface area contributed by atoms with Crippen molar-refractivity contribution in [3.8, 4) is 0 Å². The number of rotatable bonds is 3. The highest BCUT2D eigenvalue weighted by Crippen LogP contribution is 2.35. The molecule has 0 amide bonds. The third-order valence-corrected chi connectivity index (χ3v) is 3.60. The van der Waals surface area contributed by atoms with Gasteiger partial charge in [0.25, 0.3) is 0 Å². The van der Waals surface area contributed by atoms with E-state index in [1.807, 2.05) is 12.3 Å². The van der Waals surface area contributed by atoms with E-state index in [0.717, 1.165) is 6.54 Å². The lowest BCUT2D eigenvalue weighted by molar-refractivity contribution is 0.166. The minimum absolute atomic E-state index is 0.443. The highest BCUT2D eigenvalue weighted by atomic mass is 15.1. The molecule has 0 spiro atoms. The van der Waals surface area contributed by atoms with E-state index in [2.05, 4.69) is 29.4 Å². The van der Waals surface area contributed by atoms with Crippen LogP contribution < -0.4 is 5.32 Å². The Morgan fingerprint density at radius 3 is 3.07 bits per heavy atom. The first-order valence-corrected chi connectivity index (χ1v) is 5.90. The van der Waals surface area contributed by atoms with Crippen LogP contribution in [0.5, 0.6) is 0 Å². The van der Waals surface area contributed by atoms with Gasteiger partial charge in [0, 0.05) is 24.5 Å². The van der Waals surface area contributed by atoms with Crippen molar-refractivity contribution in [2.75, 3.05) is 0 Å². The van der Waals surface area contributed by atoms with Gasteiger partial charge in [0.05, 0.1) is 0 Å². The van der Waals surface area contributed by atoms with E-state index in [1.165, 1.54) is 31.4 Å². The second-order valence-corrected chi connectivity index (χ2v) is 5.25. The first kappa shape index (κ1) is 10.7. The smallest absolute Gasteiger partial charge is 0.0490 e. The van der Waals surface area contributed by atoms with E-state index in [0.29, 0.717) is 11.5 Å². The molecule has 0 aliphatic heterocycles. The Kier molecular flexibility index (Phi) is 3.10. The third-order valence-electron chi connectivity index (χ3n) is 3.60. The van der Waals surface area contributed by atoms with Crippen molar-refractivity contribution >= 4 is 0 Å². The van der Waals surface area contributed by atoms with Crippen LogP contribution in [0.25, 0.3) is 0 Å². The second-order valence-electron chi connectivity index (χ2n) is 5.25. The molecule has 1 aromatic rings. The minimum Gasteiger partial charge on any atom is -0.308 e. The molecule has 1 fully saturated rings. The maximum absolute atomic E-state index is 3.96. The summed E-state index contributed by atoms with van der Waals surface area (Å²) < 4.78 is 0. The zero-order valence-electron chi connectivity index (χ0n) is 9.71. The molecular weight excluding hydrogens is 186 g/mol. The average molecular weight is 207 g/mol. The predicted octanol–water partition coefficient (Wildman–Crippen LogP) is 2.47. The normalized spacial score (nSPS) is 25.3. The number of aromatic amines is 1. The molecule has 2 N–H and O–H groups in total. The van der Waals surface area contributed by atoms with Crippen LogP contribution >= 0.6 is 0 Å². The molecule has 1 saturated carbocycles. The lowest BCUT2D eigenvalue weighted by atomic mass is 9.73. The topological polar surface area (TPSA) is 40.7 Å². The number of aromatic nitrogens is 2. The van der Waals surface area contributed by atoms with Crippen LogP contribution in [0, 0.1) is 5.41 Å². The highest BCUT2D eigenvalue weighted by Gasteiger charge is 2.31. The van der Waals surface area contributed by atoms with Crippen molar-refractivity contribution in [2.45, 2.75) is 52.1 Å².